The molecule has 4 rings (SSSR count). The highest BCUT2D eigenvalue weighted by Gasteiger charge is 2.44. The van der Waals surface area contributed by atoms with Crippen LogP contribution in [0.1, 0.15) is 36.3 Å². The van der Waals surface area contributed by atoms with Crippen molar-refractivity contribution in [3.05, 3.63) is 65.5 Å². The van der Waals surface area contributed by atoms with E-state index in [1.807, 2.05) is 6.07 Å². The zero-order valence-electron chi connectivity index (χ0n) is 16.1. The fourth-order valence-electron chi connectivity index (χ4n) is 4.98. The zero-order valence-corrected chi connectivity index (χ0v) is 16.1. The molecule has 3 nitrogen and oxygen atoms in total. The summed E-state index contributed by atoms with van der Waals surface area (Å²) in [6, 6.07) is 15.8. The van der Waals surface area contributed by atoms with Gasteiger partial charge in [-0.2, -0.15) is 0 Å². The molecule has 2 heterocycles. The quantitative estimate of drug-likeness (QED) is 0.876. The highest BCUT2D eigenvalue weighted by atomic mass is 19.1. The van der Waals surface area contributed by atoms with Crippen LogP contribution < -0.4 is 10.1 Å². The Morgan fingerprint density at radius 1 is 1.11 bits per heavy atom. The molecule has 1 unspecified atom stereocenters. The molecule has 2 aromatic rings. The molecule has 0 bridgehead atoms. The van der Waals surface area contributed by atoms with Gasteiger partial charge in [-0.3, -0.25) is 4.90 Å². The first-order valence-corrected chi connectivity index (χ1v) is 10.0. The van der Waals surface area contributed by atoms with Crippen molar-refractivity contribution in [1.82, 2.24) is 10.2 Å². The van der Waals surface area contributed by atoms with Gasteiger partial charge in [0, 0.05) is 25.1 Å². The molecule has 1 atom stereocenters. The van der Waals surface area contributed by atoms with E-state index in [4.69, 9.17) is 4.74 Å². The van der Waals surface area contributed by atoms with Crippen LogP contribution in [0.3, 0.4) is 0 Å². The number of hydrogen-bond donors (Lipinski definition) is 1. The highest BCUT2D eigenvalue weighted by molar-refractivity contribution is 5.39. The Morgan fingerprint density at radius 2 is 1.89 bits per heavy atom. The number of hydrogen-bond acceptors (Lipinski definition) is 3. The lowest BCUT2D eigenvalue weighted by molar-refractivity contribution is 0.0497. The normalized spacial score (nSPS) is 22.7. The third-order valence-corrected chi connectivity index (χ3v) is 6.56. The molecular formula is C23H29FN2O. The van der Waals surface area contributed by atoms with E-state index in [0.717, 1.165) is 38.3 Å². The second kappa shape index (κ2) is 7.99. The molecule has 0 aliphatic carbocycles. The van der Waals surface area contributed by atoms with Gasteiger partial charge in [-0.05, 0) is 61.5 Å². The third-order valence-electron chi connectivity index (χ3n) is 6.56. The van der Waals surface area contributed by atoms with E-state index >= 15 is 0 Å². The van der Waals surface area contributed by atoms with Crippen LogP contribution in [-0.2, 0) is 6.54 Å². The summed E-state index contributed by atoms with van der Waals surface area (Å²) in [4.78, 5) is 2.57. The smallest absolute Gasteiger partial charge is 0.126 e. The summed E-state index contributed by atoms with van der Waals surface area (Å²) in [6.07, 6.45) is 3.55. The highest BCUT2D eigenvalue weighted by Crippen LogP contribution is 2.50. The van der Waals surface area contributed by atoms with Crippen molar-refractivity contribution in [3.8, 4) is 5.75 Å². The first-order chi connectivity index (χ1) is 13.2. The van der Waals surface area contributed by atoms with Gasteiger partial charge in [0.25, 0.3) is 0 Å². The summed E-state index contributed by atoms with van der Waals surface area (Å²) >= 11 is 0. The van der Waals surface area contributed by atoms with Gasteiger partial charge in [-0.15, -0.1) is 0 Å². The van der Waals surface area contributed by atoms with E-state index < -0.39 is 0 Å². The number of halogens is 1. The van der Waals surface area contributed by atoms with Crippen molar-refractivity contribution in [1.29, 1.82) is 0 Å². The van der Waals surface area contributed by atoms with Crippen molar-refractivity contribution < 1.29 is 9.13 Å². The molecule has 2 aromatic carbocycles. The minimum absolute atomic E-state index is 0.230. The van der Waals surface area contributed by atoms with Crippen molar-refractivity contribution in [2.45, 2.75) is 31.7 Å². The van der Waals surface area contributed by atoms with Gasteiger partial charge in [0.15, 0.2) is 0 Å². The Morgan fingerprint density at radius 3 is 2.63 bits per heavy atom. The first kappa shape index (κ1) is 18.5. The number of piperidine rings is 2. The van der Waals surface area contributed by atoms with Crippen LogP contribution in [0.4, 0.5) is 4.39 Å². The largest absolute Gasteiger partial charge is 0.496 e. The summed E-state index contributed by atoms with van der Waals surface area (Å²) in [5.74, 6) is 0.835. The Hall–Kier alpha value is -1.91. The van der Waals surface area contributed by atoms with Crippen molar-refractivity contribution in [2.24, 2.45) is 5.41 Å². The first-order valence-electron chi connectivity index (χ1n) is 10.0. The molecule has 0 radical (unpaired) electrons. The number of nitrogens with one attached hydrogen (secondary N) is 1. The van der Waals surface area contributed by atoms with Gasteiger partial charge in [0.1, 0.15) is 11.6 Å². The van der Waals surface area contributed by atoms with Gasteiger partial charge in [0.05, 0.1) is 7.11 Å². The summed E-state index contributed by atoms with van der Waals surface area (Å²) in [5, 5.41) is 3.56. The lowest BCUT2D eigenvalue weighted by Gasteiger charge is -2.50. The molecule has 144 valence electrons. The number of rotatable bonds is 4. The molecule has 0 saturated carbocycles. The van der Waals surface area contributed by atoms with E-state index in [-0.39, 0.29) is 11.2 Å². The van der Waals surface area contributed by atoms with Crippen LogP contribution in [0, 0.1) is 11.2 Å². The van der Waals surface area contributed by atoms with Gasteiger partial charge in [-0.25, -0.2) is 4.39 Å². The number of nitrogens with zero attached hydrogens (tertiary/aromatic N) is 1. The number of ether oxygens (including phenoxy) is 1. The van der Waals surface area contributed by atoms with Crippen molar-refractivity contribution in [2.75, 3.05) is 33.3 Å². The molecule has 2 aliphatic heterocycles. The molecule has 4 heteroatoms. The summed E-state index contributed by atoms with van der Waals surface area (Å²) in [6.45, 7) is 5.28. The van der Waals surface area contributed by atoms with Crippen molar-refractivity contribution in [3.63, 3.8) is 0 Å². The third kappa shape index (κ3) is 3.87. The standard InChI is InChI=1S/C23H29FN2O/c1-27-22-15-19(24)7-8-20(22)21-16-25-12-9-23(21)10-13-26(14-11-23)17-18-5-3-2-4-6-18/h2-8,15,21,25H,9-14,16-17H2,1H3. The maximum atomic E-state index is 13.7. The minimum Gasteiger partial charge on any atom is -0.496 e. The monoisotopic (exact) mass is 368 g/mol. The predicted octanol–water partition coefficient (Wildman–Crippen LogP) is 4.19. The van der Waals surface area contributed by atoms with Crippen LogP contribution in [0.2, 0.25) is 0 Å². The fraction of sp³-hybridized carbons (Fsp3) is 0.478. The Labute approximate surface area is 161 Å². The van der Waals surface area contributed by atoms with E-state index in [0.29, 0.717) is 11.7 Å². The number of benzene rings is 2. The molecule has 2 saturated heterocycles. The van der Waals surface area contributed by atoms with Crippen LogP contribution in [0.15, 0.2) is 48.5 Å². The van der Waals surface area contributed by atoms with E-state index in [2.05, 4.69) is 40.5 Å². The van der Waals surface area contributed by atoms with E-state index in [1.54, 1.807) is 13.2 Å². The van der Waals surface area contributed by atoms with E-state index in [9.17, 15) is 4.39 Å². The second-order valence-electron chi connectivity index (χ2n) is 8.02. The molecule has 0 aromatic heterocycles. The molecular weight excluding hydrogens is 339 g/mol. The lowest BCUT2D eigenvalue weighted by atomic mass is 9.62. The SMILES string of the molecule is COc1cc(F)ccc1C1CNCCC12CCN(Cc1ccccc1)CC2. The zero-order chi connectivity index (χ0) is 18.7. The summed E-state index contributed by atoms with van der Waals surface area (Å²) < 4.78 is 19.2. The van der Waals surface area contributed by atoms with Crippen LogP contribution >= 0.6 is 0 Å². The Bertz CT molecular complexity index is 756. The van der Waals surface area contributed by atoms with Crippen LogP contribution in [0.5, 0.6) is 5.75 Å². The van der Waals surface area contributed by atoms with Crippen LogP contribution in [0.25, 0.3) is 0 Å². The topological polar surface area (TPSA) is 24.5 Å². The fourth-order valence-corrected chi connectivity index (χ4v) is 4.98. The lowest BCUT2D eigenvalue weighted by Crippen LogP contribution is -2.49. The number of methoxy groups -OCH3 is 1. The Kier molecular flexibility index (Phi) is 5.46. The van der Waals surface area contributed by atoms with Gasteiger partial charge < -0.3 is 10.1 Å². The average Bonchev–Trinajstić information content (AvgIpc) is 2.71. The maximum absolute atomic E-state index is 13.7. The molecule has 0 amide bonds. The minimum atomic E-state index is -0.230. The van der Waals surface area contributed by atoms with Crippen molar-refractivity contribution >= 4 is 0 Å². The summed E-state index contributed by atoms with van der Waals surface area (Å²) in [5.41, 5.74) is 2.82. The molecule has 27 heavy (non-hydrogen) atoms. The molecule has 1 spiro atoms. The van der Waals surface area contributed by atoms with Gasteiger partial charge in [-0.1, -0.05) is 36.4 Å². The molecule has 1 N–H and O–H groups in total. The Balaban J connectivity index is 1.51. The van der Waals surface area contributed by atoms with E-state index in [1.165, 1.54) is 30.9 Å². The average molecular weight is 368 g/mol. The predicted molar refractivity (Wildman–Crippen MR) is 107 cm³/mol. The van der Waals surface area contributed by atoms with Crippen LogP contribution in [-0.4, -0.2) is 38.2 Å². The van der Waals surface area contributed by atoms with Gasteiger partial charge >= 0.3 is 0 Å². The second-order valence-corrected chi connectivity index (χ2v) is 8.02. The number of likely N-dealkylation sites (tertiary alicyclic amines) is 1. The molecule has 2 aliphatic rings. The molecule has 2 fully saturated rings. The maximum Gasteiger partial charge on any atom is 0.126 e. The van der Waals surface area contributed by atoms with Gasteiger partial charge in [0.2, 0.25) is 0 Å². The summed E-state index contributed by atoms with van der Waals surface area (Å²) in [7, 11) is 1.64.